The van der Waals surface area contributed by atoms with Gasteiger partial charge in [0.2, 0.25) is 0 Å². The summed E-state index contributed by atoms with van der Waals surface area (Å²) in [5.41, 5.74) is -0.332. The fourth-order valence-corrected chi connectivity index (χ4v) is 6.86. The number of hydrogen-bond donors (Lipinski definition) is 6. The van der Waals surface area contributed by atoms with Crippen LogP contribution in [-0.4, -0.2) is 88.3 Å². The van der Waals surface area contributed by atoms with Crippen LogP contribution < -0.4 is 0 Å². The van der Waals surface area contributed by atoms with Crippen molar-refractivity contribution in [3.63, 3.8) is 0 Å². The van der Waals surface area contributed by atoms with Gasteiger partial charge in [-0.25, -0.2) is 0 Å². The van der Waals surface area contributed by atoms with E-state index in [1.807, 2.05) is 36.4 Å². The van der Waals surface area contributed by atoms with Gasteiger partial charge in [-0.2, -0.15) is 0 Å². The van der Waals surface area contributed by atoms with Crippen molar-refractivity contribution in [1.82, 2.24) is 39.9 Å². The summed E-state index contributed by atoms with van der Waals surface area (Å²) in [7, 11) is 0. The zero-order chi connectivity index (χ0) is 36.4. The number of hydrogen-bond acceptors (Lipinski definition) is 10. The van der Waals surface area contributed by atoms with Crippen LogP contribution in [0, 0.1) is 0 Å². The second-order valence-corrected chi connectivity index (χ2v) is 13.0. The number of aromatic amines is 2. The summed E-state index contributed by atoms with van der Waals surface area (Å²) in [6, 6.07) is 20.2. The van der Waals surface area contributed by atoms with Gasteiger partial charge in [-0.05, 0) is 0 Å². The second-order valence-electron chi connectivity index (χ2n) is 11.5. The van der Waals surface area contributed by atoms with Crippen LogP contribution in [0.2, 0.25) is 0 Å². The van der Waals surface area contributed by atoms with E-state index in [0.717, 1.165) is 5.39 Å². The number of aromatic carboxylic acids is 1. The fraction of sp³-hybridized carbons (Fsp3) is 0. The molecule has 17 heteroatoms. The molecule has 248 valence electrons. The van der Waals surface area contributed by atoms with E-state index in [1.165, 1.54) is 18.2 Å². The molecule has 8 rings (SSSR count). The molecule has 16 nitrogen and oxygen atoms in total. The first-order valence-corrected chi connectivity index (χ1v) is 16.7. The van der Waals surface area contributed by atoms with Crippen molar-refractivity contribution in [2.75, 3.05) is 0 Å². The molecule has 0 radical (unpaired) electrons. The molecule has 0 unspecified atom stereocenters. The van der Waals surface area contributed by atoms with Gasteiger partial charge < -0.3 is 0 Å². The van der Waals surface area contributed by atoms with Crippen molar-refractivity contribution in [2.24, 2.45) is 0 Å². The van der Waals surface area contributed by atoms with Crippen LogP contribution in [0.1, 0.15) is 15.9 Å². The Kier molecular flexibility index (Phi) is 7.43. The second kappa shape index (κ2) is 12.0. The van der Waals surface area contributed by atoms with E-state index in [4.69, 9.17) is 15.0 Å². The van der Waals surface area contributed by atoms with Gasteiger partial charge in [-0.1, -0.05) is 24.3 Å². The van der Waals surface area contributed by atoms with E-state index < -0.39 is 39.1 Å². The minimum absolute atomic E-state index is 0.0324. The van der Waals surface area contributed by atoms with Gasteiger partial charge in [-0.15, -0.1) is 0 Å². The molecule has 8 bridgehead atoms. The maximum atomic E-state index is 12.8. The quantitative estimate of drug-likeness (QED) is 0.103. The number of carbonyl (C=O) groups is 4. The Morgan fingerprint density at radius 2 is 1.10 bits per heavy atom. The molecular weight excluding hydrogens is 726 g/mol. The topological polar surface area (TPSA) is 258 Å². The van der Waals surface area contributed by atoms with Crippen molar-refractivity contribution in [3.8, 4) is 45.6 Å². The van der Waals surface area contributed by atoms with Crippen LogP contribution in [0.4, 0.5) is 0 Å². The molecule has 0 saturated heterocycles. The minimum atomic E-state index is -1.79. The zero-order valence-electron chi connectivity index (χ0n) is 26.2. The molecule has 5 heterocycles. The Labute approximate surface area is 298 Å². The third-order valence-corrected chi connectivity index (χ3v) is 9.81. The van der Waals surface area contributed by atoms with Crippen molar-refractivity contribution < 1.29 is 57.5 Å². The average molecular weight is 744 g/mol. The molecule has 3 aromatic heterocycles. The summed E-state index contributed by atoms with van der Waals surface area (Å²) in [5.74, 6) is -6.10. The number of benzene rings is 3. The van der Waals surface area contributed by atoms with Crippen molar-refractivity contribution in [1.29, 1.82) is 0 Å². The molecule has 0 saturated carbocycles. The predicted octanol–water partition coefficient (Wildman–Crippen LogP) is 4.14. The Hall–Kier alpha value is -7.13. The summed E-state index contributed by atoms with van der Waals surface area (Å²) >= 11 is -0.200. The van der Waals surface area contributed by atoms with E-state index >= 15 is 0 Å². The molecule has 0 aliphatic carbocycles. The van der Waals surface area contributed by atoms with Gasteiger partial charge in [0.25, 0.3) is 0 Å². The van der Waals surface area contributed by atoms with E-state index in [9.17, 15) is 39.6 Å². The summed E-state index contributed by atoms with van der Waals surface area (Å²) in [4.78, 5) is 84.1. The molecule has 2 aliphatic rings. The Balaban J connectivity index is 1.59. The first kappa shape index (κ1) is 32.1. The normalized spacial score (nSPS) is 12.1. The number of carboxylic acid groups (broad SMARTS) is 4. The number of H-pyrrole nitrogens is 2. The van der Waals surface area contributed by atoms with Crippen LogP contribution in [0.25, 0.3) is 84.5 Å². The molecule has 2 aliphatic heterocycles. The van der Waals surface area contributed by atoms with Gasteiger partial charge in [0.15, 0.2) is 0 Å². The molecule has 3 aromatic carbocycles. The van der Waals surface area contributed by atoms with Crippen LogP contribution in [0.3, 0.4) is 0 Å². The van der Waals surface area contributed by atoms with E-state index in [0.29, 0.717) is 39.2 Å². The molecule has 0 amide bonds. The number of fused-ring (bicyclic) bond motifs is 17. The average Bonchev–Trinajstić information content (AvgIpc) is 3.86. The SMILES string of the molecule is O=C(O)[C](=[Zn])/C(C(=O)O)=C(/C(=O)O)c1cc2nc3nc(nc4[nH]c(nc5nc(nc1[nH]2)-c1c(C(=O)O)cccc1-5)c1ccccc41)-c1ccccc1-3. The van der Waals surface area contributed by atoms with Gasteiger partial charge in [0, 0.05) is 5.39 Å². The predicted molar refractivity (Wildman–Crippen MR) is 180 cm³/mol. The number of nitrogens with zero attached hydrogens (tertiary/aromatic N) is 6. The summed E-state index contributed by atoms with van der Waals surface area (Å²) in [6.07, 6.45) is 0. The number of carboxylic acids is 4. The monoisotopic (exact) mass is 742 g/mol. The molecule has 6 N–H and O–H groups in total. The van der Waals surface area contributed by atoms with Crippen LogP contribution in [-0.2, 0) is 32.2 Å². The van der Waals surface area contributed by atoms with E-state index in [-0.39, 0.29) is 63.3 Å². The number of aliphatic carboxylic acids is 3. The van der Waals surface area contributed by atoms with Gasteiger partial charge in [0.05, 0.1) is 0 Å². The van der Waals surface area contributed by atoms with E-state index in [2.05, 4.69) is 24.9 Å². The van der Waals surface area contributed by atoms with Crippen LogP contribution in [0.15, 0.2) is 78.4 Å². The maximum absolute atomic E-state index is 12.8. The Morgan fingerprint density at radius 1 is 0.538 bits per heavy atom. The number of nitrogens with one attached hydrogen (secondary N) is 2. The van der Waals surface area contributed by atoms with Gasteiger partial charge in [0.1, 0.15) is 0 Å². The number of rotatable bonds is 6. The van der Waals surface area contributed by atoms with Gasteiger partial charge in [-0.3, -0.25) is 0 Å². The number of aromatic nitrogens is 8. The summed E-state index contributed by atoms with van der Waals surface area (Å²) in [5, 5.41) is 41.8. The molecule has 52 heavy (non-hydrogen) atoms. The van der Waals surface area contributed by atoms with Crippen molar-refractivity contribution >= 4 is 66.9 Å². The summed E-state index contributed by atoms with van der Waals surface area (Å²) in [6.45, 7) is 0. The van der Waals surface area contributed by atoms with Crippen molar-refractivity contribution in [3.05, 3.63) is 89.5 Å². The molecule has 0 spiro atoms. The van der Waals surface area contributed by atoms with Crippen molar-refractivity contribution in [2.45, 2.75) is 0 Å². The molecule has 6 aromatic rings. The molecule has 0 fully saturated rings. The molecular formula is C35H18N8O8Zn. The summed E-state index contributed by atoms with van der Waals surface area (Å²) < 4.78 is -0.632. The third kappa shape index (κ3) is 5.15. The fourth-order valence-electron chi connectivity index (χ4n) is 6.18. The molecule has 0 atom stereocenters. The standard InChI is InChI=1S/C35H18N8O8.Zn/c44-23(45)13-21(34(48)49)25(35(50)51)20-12-22-36-26-14-6-1-2-7-15(14)27(38-26)39-28-16-8-3-4-9-17(16)29(40-28)41-30-18-10-5-11-19(33(46)47)24(18)32(42-30)43-31(20)37-22;/h1-12H,(H,44,45)(H,46,47)(H,48,49)(H,50,51)(H2,36,37,38,39,40,41,42,43);/b25-21-;. The Morgan fingerprint density at radius 3 is 1.69 bits per heavy atom. The van der Waals surface area contributed by atoms with E-state index in [1.54, 1.807) is 18.2 Å². The first-order chi connectivity index (χ1) is 25.0. The third-order valence-electron chi connectivity index (χ3n) is 8.44. The zero-order valence-corrected chi connectivity index (χ0v) is 29.2. The van der Waals surface area contributed by atoms with Gasteiger partial charge >= 0.3 is 270 Å². The first-order valence-electron chi connectivity index (χ1n) is 15.2. The Bertz CT molecular complexity index is 2860. The van der Waals surface area contributed by atoms with Crippen LogP contribution in [0.5, 0.6) is 0 Å². The van der Waals surface area contributed by atoms with Crippen LogP contribution >= 0.6 is 0 Å².